The minimum Gasteiger partial charge on any atom is -0.462 e. The minimum absolute atomic E-state index is 0.121. The Morgan fingerprint density at radius 1 is 1.23 bits per heavy atom. The van der Waals surface area contributed by atoms with Gasteiger partial charge in [0.2, 0.25) is 0 Å². The van der Waals surface area contributed by atoms with E-state index in [0.717, 1.165) is 45.2 Å². The van der Waals surface area contributed by atoms with Gasteiger partial charge in [0.25, 0.3) is 0 Å². The summed E-state index contributed by atoms with van der Waals surface area (Å²) in [4.78, 5) is 16.6. The Hall–Kier alpha value is -1.34. The maximum atomic E-state index is 12.4. The van der Waals surface area contributed by atoms with Gasteiger partial charge in [0.05, 0.1) is 0 Å². The second-order valence-corrected chi connectivity index (χ2v) is 9.41. The molecule has 7 nitrogen and oxygen atoms in total. The summed E-state index contributed by atoms with van der Waals surface area (Å²) in [5.41, 5.74) is 1.44. The lowest BCUT2D eigenvalue weighted by Gasteiger charge is -2.51. The molecule has 3 fully saturated rings. The summed E-state index contributed by atoms with van der Waals surface area (Å²) in [7, 11) is 23.7. The number of aryl methyl sites for hydroxylation is 1. The summed E-state index contributed by atoms with van der Waals surface area (Å²) in [6, 6.07) is 2.69. The Labute approximate surface area is 183 Å². The standard InChI is InChI=1S/C19H26B4N4O3/c1-25-15(2-6-24-25)13-3-7-26(8-4-13)14-10-17(11-14)5-9-27(12-17)16(28)30-19(22,23)18(20,21)29/h2,6,13-14,29H,3-5,7-12H2,1H3. The Balaban J connectivity index is 1.25. The maximum Gasteiger partial charge on any atom is 0.408 e. The van der Waals surface area contributed by atoms with Gasteiger partial charge in [-0.25, -0.2) is 4.79 Å². The molecule has 1 aromatic rings. The highest BCUT2D eigenvalue weighted by molar-refractivity contribution is 6.53. The lowest BCUT2D eigenvalue weighted by molar-refractivity contribution is -0.0102. The molecule has 1 N–H and O–H groups in total. The quantitative estimate of drug-likeness (QED) is 0.693. The summed E-state index contributed by atoms with van der Waals surface area (Å²) >= 11 is 0. The van der Waals surface area contributed by atoms with Crippen molar-refractivity contribution in [3.05, 3.63) is 18.0 Å². The smallest absolute Gasteiger partial charge is 0.408 e. The maximum absolute atomic E-state index is 12.4. The van der Waals surface area contributed by atoms with E-state index in [1.54, 1.807) is 4.90 Å². The first-order chi connectivity index (χ1) is 14.0. The van der Waals surface area contributed by atoms with Crippen molar-refractivity contribution in [1.82, 2.24) is 19.6 Å². The molecule has 1 spiro atoms. The van der Waals surface area contributed by atoms with Crippen molar-refractivity contribution in [2.45, 2.75) is 54.9 Å². The monoisotopic (exact) mass is 402 g/mol. The van der Waals surface area contributed by atoms with Crippen molar-refractivity contribution in [3.8, 4) is 0 Å². The number of likely N-dealkylation sites (tertiary alicyclic amines) is 2. The molecule has 1 aromatic heterocycles. The van der Waals surface area contributed by atoms with E-state index in [1.165, 1.54) is 5.69 Å². The van der Waals surface area contributed by atoms with Crippen molar-refractivity contribution < 1.29 is 14.6 Å². The van der Waals surface area contributed by atoms with Crippen molar-refractivity contribution in [2.24, 2.45) is 12.5 Å². The average Bonchev–Trinajstić information content (AvgIpc) is 3.26. The molecular weight excluding hydrogens is 375 g/mol. The highest BCUT2D eigenvalue weighted by atomic mass is 16.6. The first kappa shape index (κ1) is 21.9. The molecule has 0 bridgehead atoms. The molecule has 152 valence electrons. The van der Waals surface area contributed by atoms with Gasteiger partial charge < -0.3 is 19.6 Å². The highest BCUT2D eigenvalue weighted by Gasteiger charge is 2.52. The zero-order valence-corrected chi connectivity index (χ0v) is 17.5. The van der Waals surface area contributed by atoms with Gasteiger partial charge in [0.1, 0.15) is 31.4 Å². The van der Waals surface area contributed by atoms with Crippen LogP contribution in [0.15, 0.2) is 12.3 Å². The lowest BCUT2D eigenvalue weighted by Crippen LogP contribution is -2.60. The number of hydrogen-bond acceptors (Lipinski definition) is 5. The first-order valence-electron chi connectivity index (χ1n) is 10.6. The number of rotatable bonds is 4. The third-order valence-electron chi connectivity index (χ3n) is 7.24. The molecule has 30 heavy (non-hydrogen) atoms. The van der Waals surface area contributed by atoms with E-state index in [-0.39, 0.29) is 5.41 Å². The Kier molecular flexibility index (Phi) is 5.59. The van der Waals surface area contributed by atoms with Crippen LogP contribution in [0.2, 0.25) is 0 Å². The van der Waals surface area contributed by atoms with Crippen LogP contribution in [-0.2, 0) is 11.8 Å². The largest absolute Gasteiger partial charge is 0.462 e. The molecule has 1 amide bonds. The Morgan fingerprint density at radius 2 is 1.90 bits per heavy atom. The Morgan fingerprint density at radius 3 is 2.47 bits per heavy atom. The summed E-state index contributed by atoms with van der Waals surface area (Å²) in [5, 5.41) is 8.98. The van der Waals surface area contributed by atoms with Crippen molar-refractivity contribution in [3.63, 3.8) is 0 Å². The molecule has 3 aliphatic rings. The molecule has 3 heterocycles. The van der Waals surface area contributed by atoms with E-state index in [4.69, 9.17) is 36.1 Å². The van der Waals surface area contributed by atoms with Crippen LogP contribution >= 0.6 is 0 Å². The molecule has 0 aromatic carbocycles. The van der Waals surface area contributed by atoms with Crippen LogP contribution in [0.4, 0.5) is 4.79 Å². The van der Waals surface area contributed by atoms with Gasteiger partial charge in [-0.3, -0.25) is 4.68 Å². The van der Waals surface area contributed by atoms with E-state index in [1.807, 2.05) is 17.9 Å². The van der Waals surface area contributed by atoms with E-state index < -0.39 is 16.9 Å². The molecule has 1 aliphatic carbocycles. The number of aliphatic hydroxyl groups is 1. The number of amides is 1. The topological polar surface area (TPSA) is 70.8 Å². The van der Waals surface area contributed by atoms with Crippen molar-refractivity contribution >= 4 is 37.5 Å². The van der Waals surface area contributed by atoms with Crippen LogP contribution in [0.1, 0.15) is 43.7 Å². The summed E-state index contributed by atoms with van der Waals surface area (Å²) in [6.07, 6.45) is 6.53. The van der Waals surface area contributed by atoms with Crippen LogP contribution in [0.25, 0.3) is 0 Å². The van der Waals surface area contributed by atoms with Gasteiger partial charge >= 0.3 is 6.09 Å². The van der Waals surface area contributed by atoms with Crippen LogP contribution in [0, 0.1) is 5.41 Å². The Bertz CT molecular complexity index is 783. The molecular formula is C19H26B4N4O3. The fourth-order valence-corrected chi connectivity index (χ4v) is 5.26. The van der Waals surface area contributed by atoms with E-state index >= 15 is 0 Å². The van der Waals surface area contributed by atoms with E-state index in [2.05, 4.69) is 16.1 Å². The normalized spacial score (nSPS) is 28.6. The second-order valence-electron chi connectivity index (χ2n) is 9.41. The SMILES string of the molecule is [B]C([B])(O)C([B])([B])OC(=O)N1CCC2(CC(N3CCC(c4ccnn4C)CC3)C2)C1. The molecule has 4 rings (SSSR count). The third-order valence-corrected chi connectivity index (χ3v) is 7.24. The van der Waals surface area contributed by atoms with E-state index in [0.29, 0.717) is 25.0 Å². The molecule has 2 aliphatic heterocycles. The molecule has 1 saturated carbocycles. The summed E-state index contributed by atoms with van der Waals surface area (Å²) in [6.45, 7) is 3.35. The van der Waals surface area contributed by atoms with Gasteiger partial charge in [-0.05, 0) is 56.7 Å². The van der Waals surface area contributed by atoms with Gasteiger partial charge in [-0.15, -0.1) is 0 Å². The lowest BCUT2D eigenvalue weighted by atomic mass is 9.42. The summed E-state index contributed by atoms with van der Waals surface area (Å²) < 4.78 is 6.96. The van der Waals surface area contributed by atoms with Crippen LogP contribution < -0.4 is 0 Å². The predicted molar refractivity (Wildman–Crippen MR) is 116 cm³/mol. The number of piperidine rings is 1. The van der Waals surface area contributed by atoms with Gasteiger partial charge in [-0.2, -0.15) is 5.10 Å². The number of aromatic nitrogens is 2. The van der Waals surface area contributed by atoms with Crippen LogP contribution in [0.5, 0.6) is 0 Å². The third kappa shape index (κ3) is 4.07. The number of hydrogen-bond donors (Lipinski definition) is 1. The highest BCUT2D eigenvalue weighted by Crippen LogP contribution is 2.51. The molecule has 0 atom stereocenters. The minimum atomic E-state index is -2.52. The summed E-state index contributed by atoms with van der Waals surface area (Å²) in [5.74, 6) is 0.580. The zero-order valence-electron chi connectivity index (χ0n) is 17.5. The van der Waals surface area contributed by atoms with Crippen molar-refractivity contribution in [1.29, 1.82) is 0 Å². The predicted octanol–water partition coefficient (Wildman–Crippen LogP) is -0.435. The van der Waals surface area contributed by atoms with Gasteiger partial charge in [-0.1, -0.05) is 0 Å². The molecule has 2 saturated heterocycles. The van der Waals surface area contributed by atoms with Crippen LogP contribution in [0.3, 0.4) is 0 Å². The molecule has 8 radical (unpaired) electrons. The molecule has 11 heteroatoms. The number of carbonyl (C=O) groups excluding carboxylic acids is 1. The second kappa shape index (κ2) is 7.66. The number of ether oxygens (including phenoxy) is 1. The number of carbonyl (C=O) groups is 1. The fourth-order valence-electron chi connectivity index (χ4n) is 5.26. The van der Waals surface area contributed by atoms with Gasteiger partial charge in [0, 0.05) is 54.8 Å². The van der Waals surface area contributed by atoms with E-state index in [9.17, 15) is 9.90 Å². The number of nitrogens with zero attached hydrogens (tertiary/aromatic N) is 4. The molecule has 0 unspecified atom stereocenters. The first-order valence-corrected chi connectivity index (χ1v) is 10.6. The van der Waals surface area contributed by atoms with Crippen molar-refractivity contribution in [2.75, 3.05) is 26.2 Å². The average molecular weight is 402 g/mol. The van der Waals surface area contributed by atoms with Crippen LogP contribution in [-0.4, -0.2) is 105 Å². The zero-order chi connectivity index (χ0) is 21.7. The van der Waals surface area contributed by atoms with Gasteiger partial charge in [0.15, 0.2) is 0 Å². The fraction of sp³-hybridized carbons (Fsp3) is 0.789.